The highest BCUT2D eigenvalue weighted by Gasteiger charge is 2.32. The Kier molecular flexibility index (Phi) is 3.85. The molecule has 0 radical (unpaired) electrons. The van der Waals surface area contributed by atoms with Crippen LogP contribution in [0.4, 0.5) is 5.69 Å². The summed E-state index contributed by atoms with van der Waals surface area (Å²) < 4.78 is 0. The van der Waals surface area contributed by atoms with E-state index in [4.69, 9.17) is 11.6 Å². The molecule has 0 amide bonds. The third-order valence-electron chi connectivity index (χ3n) is 4.79. The number of rotatable bonds is 2. The number of pyridine rings is 1. The molecular weight excluding hydrogens is 356 g/mol. The zero-order chi connectivity index (χ0) is 18.4. The van der Waals surface area contributed by atoms with Crippen molar-refractivity contribution in [3.63, 3.8) is 0 Å². The molecule has 0 saturated carbocycles. The summed E-state index contributed by atoms with van der Waals surface area (Å²) in [6.45, 7) is 0. The van der Waals surface area contributed by atoms with E-state index in [9.17, 15) is 19.7 Å². The van der Waals surface area contributed by atoms with Gasteiger partial charge in [-0.1, -0.05) is 23.7 Å². The molecule has 2 aromatic carbocycles. The minimum Gasteiger partial charge on any atom is -0.358 e. The van der Waals surface area contributed by atoms with Crippen molar-refractivity contribution in [2.45, 2.75) is 18.8 Å². The minimum absolute atomic E-state index is 0.0316. The molecule has 3 aromatic rings. The van der Waals surface area contributed by atoms with Crippen LogP contribution < -0.4 is 5.43 Å². The van der Waals surface area contributed by atoms with Crippen molar-refractivity contribution in [2.24, 2.45) is 0 Å². The molecule has 0 fully saturated rings. The Morgan fingerprint density at radius 1 is 1.12 bits per heavy atom. The van der Waals surface area contributed by atoms with Crippen LogP contribution in [0.1, 0.15) is 34.0 Å². The average molecular weight is 369 g/mol. The number of nitrogens with one attached hydrogen (secondary N) is 1. The number of fused-ring (bicyclic) bond motifs is 2. The lowest BCUT2D eigenvalue weighted by atomic mass is 9.80. The van der Waals surface area contributed by atoms with Gasteiger partial charge in [-0.2, -0.15) is 0 Å². The lowest BCUT2D eigenvalue weighted by molar-refractivity contribution is -0.384. The van der Waals surface area contributed by atoms with Gasteiger partial charge in [0.05, 0.1) is 10.5 Å². The number of nitro benzene ring substituents is 1. The Bertz CT molecular complexity index is 1120. The van der Waals surface area contributed by atoms with Gasteiger partial charge in [-0.15, -0.1) is 0 Å². The van der Waals surface area contributed by atoms with Crippen LogP contribution in [0.25, 0.3) is 10.9 Å². The second kappa shape index (κ2) is 6.07. The number of halogens is 1. The molecule has 1 N–H and O–H groups in total. The van der Waals surface area contributed by atoms with Crippen molar-refractivity contribution in [1.29, 1.82) is 0 Å². The molecule has 1 heterocycles. The molecule has 0 bridgehead atoms. The summed E-state index contributed by atoms with van der Waals surface area (Å²) in [6, 6.07) is 10.9. The number of non-ortho nitro benzene ring substituents is 1. The molecule has 1 aliphatic rings. The summed E-state index contributed by atoms with van der Waals surface area (Å²) in [6.07, 6.45) is 1.09. The molecular formula is C19H13ClN2O4. The quantitative estimate of drug-likeness (QED) is 0.546. The van der Waals surface area contributed by atoms with Gasteiger partial charge >= 0.3 is 0 Å². The van der Waals surface area contributed by atoms with Crippen molar-refractivity contribution >= 4 is 34.0 Å². The second-order valence-electron chi connectivity index (χ2n) is 6.30. The smallest absolute Gasteiger partial charge is 0.269 e. The van der Waals surface area contributed by atoms with Crippen LogP contribution in [0.2, 0.25) is 5.02 Å². The Morgan fingerprint density at radius 3 is 2.54 bits per heavy atom. The normalized spacial score (nSPS) is 16.5. The first kappa shape index (κ1) is 16.5. The van der Waals surface area contributed by atoms with Gasteiger partial charge in [0.2, 0.25) is 5.43 Å². The van der Waals surface area contributed by atoms with E-state index >= 15 is 0 Å². The molecule has 4 rings (SSSR count). The maximum atomic E-state index is 13.0. The molecule has 0 saturated heterocycles. The SMILES string of the molecule is O=C1c2c([nH]c3ccc(Cl)cc3c2=O)CCC1c1ccc([N+](=O)[O-])cc1. The maximum absolute atomic E-state index is 13.0. The molecule has 7 heteroatoms. The van der Waals surface area contributed by atoms with E-state index in [2.05, 4.69) is 4.98 Å². The molecule has 26 heavy (non-hydrogen) atoms. The van der Waals surface area contributed by atoms with E-state index in [0.29, 0.717) is 40.0 Å². The highest BCUT2D eigenvalue weighted by Crippen LogP contribution is 2.32. The van der Waals surface area contributed by atoms with Crippen molar-refractivity contribution in [1.82, 2.24) is 4.98 Å². The van der Waals surface area contributed by atoms with Crippen LogP contribution in [0.15, 0.2) is 47.3 Å². The predicted octanol–water partition coefficient (Wildman–Crippen LogP) is 4.00. The first-order valence-electron chi connectivity index (χ1n) is 8.08. The summed E-state index contributed by atoms with van der Waals surface area (Å²) in [5.74, 6) is -0.746. The largest absolute Gasteiger partial charge is 0.358 e. The number of benzene rings is 2. The van der Waals surface area contributed by atoms with Crippen LogP contribution in [0.5, 0.6) is 0 Å². The van der Waals surface area contributed by atoms with Gasteiger partial charge in [-0.05, 0) is 36.6 Å². The number of carbonyl (C=O) groups is 1. The molecule has 1 atom stereocenters. The highest BCUT2D eigenvalue weighted by atomic mass is 35.5. The van der Waals surface area contributed by atoms with Gasteiger partial charge in [0.1, 0.15) is 0 Å². The molecule has 130 valence electrons. The lowest BCUT2D eigenvalue weighted by Crippen LogP contribution is -2.29. The van der Waals surface area contributed by atoms with E-state index in [-0.39, 0.29) is 22.5 Å². The zero-order valence-corrected chi connectivity index (χ0v) is 14.2. The van der Waals surface area contributed by atoms with Crippen molar-refractivity contribution in [2.75, 3.05) is 0 Å². The van der Waals surface area contributed by atoms with E-state index < -0.39 is 10.8 Å². The van der Waals surface area contributed by atoms with Crippen LogP contribution in [-0.4, -0.2) is 15.7 Å². The number of carbonyl (C=O) groups excluding carboxylic acids is 1. The highest BCUT2D eigenvalue weighted by molar-refractivity contribution is 6.31. The summed E-state index contributed by atoms with van der Waals surface area (Å²) in [4.78, 5) is 39.4. The fraction of sp³-hybridized carbons (Fsp3) is 0.158. The Hall–Kier alpha value is -2.99. The van der Waals surface area contributed by atoms with Crippen LogP contribution in [0.3, 0.4) is 0 Å². The summed E-state index contributed by atoms with van der Waals surface area (Å²) >= 11 is 5.98. The van der Waals surface area contributed by atoms with Crippen molar-refractivity contribution in [3.05, 3.63) is 84.6 Å². The topological polar surface area (TPSA) is 93.1 Å². The molecule has 1 unspecified atom stereocenters. The number of nitrogens with zero attached hydrogens (tertiary/aromatic N) is 1. The summed E-state index contributed by atoms with van der Waals surface area (Å²) in [7, 11) is 0. The number of nitro groups is 1. The third-order valence-corrected chi connectivity index (χ3v) is 5.03. The first-order valence-corrected chi connectivity index (χ1v) is 8.46. The Labute approximate surface area is 152 Å². The number of aromatic nitrogens is 1. The number of H-pyrrole nitrogens is 1. The second-order valence-corrected chi connectivity index (χ2v) is 6.74. The fourth-order valence-electron chi connectivity index (χ4n) is 3.50. The molecule has 1 aromatic heterocycles. The molecule has 0 aliphatic heterocycles. The number of hydrogen-bond acceptors (Lipinski definition) is 4. The van der Waals surface area contributed by atoms with E-state index in [1.54, 1.807) is 30.3 Å². The van der Waals surface area contributed by atoms with E-state index in [0.717, 1.165) is 0 Å². The number of hydrogen-bond donors (Lipinski definition) is 1. The Balaban J connectivity index is 1.81. The van der Waals surface area contributed by atoms with Crippen LogP contribution in [0, 0.1) is 10.1 Å². The number of aryl methyl sites for hydroxylation is 1. The van der Waals surface area contributed by atoms with Crippen LogP contribution >= 0.6 is 11.6 Å². The predicted molar refractivity (Wildman–Crippen MR) is 98.1 cm³/mol. The van der Waals surface area contributed by atoms with E-state index in [1.807, 2.05) is 0 Å². The van der Waals surface area contributed by atoms with Gasteiger partial charge in [-0.25, -0.2) is 0 Å². The zero-order valence-electron chi connectivity index (χ0n) is 13.5. The van der Waals surface area contributed by atoms with Crippen molar-refractivity contribution < 1.29 is 9.72 Å². The molecule has 6 nitrogen and oxygen atoms in total. The molecule has 0 spiro atoms. The lowest BCUT2D eigenvalue weighted by Gasteiger charge is -2.23. The standard InChI is InChI=1S/C19H13ClN2O4/c20-11-3-7-15-14(9-11)19(24)17-16(21-15)8-6-13(18(17)23)10-1-4-12(5-2-10)22(25)26/h1-5,7,9,13H,6,8H2,(H,21,24). The minimum atomic E-state index is -0.485. The maximum Gasteiger partial charge on any atom is 0.269 e. The monoisotopic (exact) mass is 368 g/mol. The summed E-state index contributed by atoms with van der Waals surface area (Å²) in [5.41, 5.74) is 1.77. The molecule has 1 aliphatic carbocycles. The number of ketones is 1. The number of aromatic amines is 1. The number of Topliss-reactive ketones (excluding diaryl/α,β-unsaturated/α-hetero) is 1. The first-order chi connectivity index (χ1) is 12.5. The Morgan fingerprint density at radius 2 is 1.85 bits per heavy atom. The van der Waals surface area contributed by atoms with Crippen molar-refractivity contribution in [3.8, 4) is 0 Å². The van der Waals surface area contributed by atoms with Gasteiger partial charge in [-0.3, -0.25) is 19.7 Å². The van der Waals surface area contributed by atoms with Crippen LogP contribution in [-0.2, 0) is 6.42 Å². The fourth-order valence-corrected chi connectivity index (χ4v) is 3.67. The van der Waals surface area contributed by atoms with Gasteiger partial charge in [0.25, 0.3) is 5.69 Å². The third kappa shape index (κ3) is 2.59. The average Bonchev–Trinajstić information content (AvgIpc) is 2.63. The van der Waals surface area contributed by atoms with E-state index in [1.165, 1.54) is 12.1 Å². The van der Waals surface area contributed by atoms with Gasteiger partial charge < -0.3 is 4.98 Å². The van der Waals surface area contributed by atoms with Gasteiger partial charge in [0.15, 0.2) is 5.78 Å². The van der Waals surface area contributed by atoms with Gasteiger partial charge in [0, 0.05) is 39.7 Å². The summed E-state index contributed by atoms with van der Waals surface area (Å²) in [5, 5.41) is 11.6.